The Bertz CT molecular complexity index is 1340. The maximum Gasteiger partial charge on any atom is 0.169 e. The topological polar surface area (TPSA) is 34.5 Å². The number of benzene rings is 4. The first-order chi connectivity index (χ1) is 16.4. The Morgan fingerprint density at radius 2 is 1.42 bits per heavy atom. The molecule has 1 aromatic heterocycles. The van der Waals surface area contributed by atoms with Crippen LogP contribution in [-0.4, -0.2) is 24.5 Å². The van der Waals surface area contributed by atoms with Crippen LogP contribution >= 0.6 is 0 Å². The maximum absolute atomic E-state index is 4.65. The van der Waals surface area contributed by atoms with Crippen LogP contribution in [0.2, 0.25) is 0 Å². The monoisotopic (exact) mass is 432 g/mol. The predicted octanol–water partition coefficient (Wildman–Crippen LogP) is 7.15. The SMILES string of the molecule is C1=NCCO1.c1ccc2c(c1)ccc1c3c(ccc12)CCCC3.c1ccc2ncccc2c1. The second-order valence-electron chi connectivity index (χ2n) is 8.37. The van der Waals surface area contributed by atoms with Gasteiger partial charge in [0.25, 0.3) is 0 Å². The number of ether oxygens (including phenoxy) is 1. The lowest BCUT2D eigenvalue weighted by atomic mass is 9.86. The number of hydrogen-bond donors (Lipinski definition) is 0. The molecule has 3 nitrogen and oxygen atoms in total. The highest BCUT2D eigenvalue weighted by Gasteiger charge is 2.13. The molecule has 0 radical (unpaired) electrons. The molecule has 0 atom stereocenters. The van der Waals surface area contributed by atoms with Crippen molar-refractivity contribution in [3.63, 3.8) is 0 Å². The zero-order valence-electron chi connectivity index (χ0n) is 18.8. The Morgan fingerprint density at radius 3 is 2.24 bits per heavy atom. The van der Waals surface area contributed by atoms with Gasteiger partial charge in [-0.3, -0.25) is 9.98 Å². The predicted molar refractivity (Wildman–Crippen MR) is 139 cm³/mol. The molecule has 0 saturated heterocycles. The second kappa shape index (κ2) is 10.3. The molecule has 2 heterocycles. The van der Waals surface area contributed by atoms with Crippen molar-refractivity contribution in [1.82, 2.24) is 4.98 Å². The van der Waals surface area contributed by atoms with Crippen LogP contribution in [0.15, 0.2) is 96.1 Å². The van der Waals surface area contributed by atoms with Crippen LogP contribution < -0.4 is 0 Å². The van der Waals surface area contributed by atoms with E-state index in [1.54, 1.807) is 11.1 Å². The zero-order chi connectivity index (χ0) is 22.3. The zero-order valence-corrected chi connectivity index (χ0v) is 18.8. The number of rotatable bonds is 0. The van der Waals surface area contributed by atoms with Gasteiger partial charge in [0.05, 0.1) is 12.1 Å². The third-order valence-electron chi connectivity index (χ3n) is 6.26. The summed E-state index contributed by atoms with van der Waals surface area (Å²) < 4.78 is 4.65. The van der Waals surface area contributed by atoms with E-state index >= 15 is 0 Å². The molecule has 0 spiro atoms. The van der Waals surface area contributed by atoms with Gasteiger partial charge in [-0.2, -0.15) is 0 Å². The number of para-hydroxylation sites is 1. The van der Waals surface area contributed by atoms with Crippen molar-refractivity contribution in [2.45, 2.75) is 25.7 Å². The molecule has 1 aliphatic heterocycles. The van der Waals surface area contributed by atoms with E-state index in [1.807, 2.05) is 30.5 Å². The van der Waals surface area contributed by atoms with Gasteiger partial charge in [0.2, 0.25) is 0 Å². The average molecular weight is 433 g/mol. The first-order valence-corrected chi connectivity index (χ1v) is 11.7. The summed E-state index contributed by atoms with van der Waals surface area (Å²) in [6.07, 6.45) is 8.51. The van der Waals surface area contributed by atoms with Crippen molar-refractivity contribution in [3.05, 3.63) is 102 Å². The summed E-state index contributed by atoms with van der Waals surface area (Å²) in [5, 5.41) is 6.84. The number of aromatic nitrogens is 1. The van der Waals surface area contributed by atoms with Gasteiger partial charge in [-0.1, -0.05) is 72.8 Å². The molecular weight excluding hydrogens is 404 g/mol. The van der Waals surface area contributed by atoms with E-state index < -0.39 is 0 Å². The summed E-state index contributed by atoms with van der Waals surface area (Å²) in [7, 11) is 0. The van der Waals surface area contributed by atoms with Gasteiger partial charge in [-0.05, 0) is 70.5 Å². The molecule has 0 fully saturated rings. The van der Waals surface area contributed by atoms with Gasteiger partial charge < -0.3 is 4.74 Å². The quantitative estimate of drug-likeness (QED) is 0.244. The number of nitrogens with zero attached hydrogens (tertiary/aromatic N) is 2. The van der Waals surface area contributed by atoms with Crippen molar-refractivity contribution in [1.29, 1.82) is 0 Å². The smallest absolute Gasteiger partial charge is 0.169 e. The van der Waals surface area contributed by atoms with E-state index in [2.05, 4.69) is 75.4 Å². The maximum atomic E-state index is 4.65. The molecule has 1 aliphatic carbocycles. The fourth-order valence-electron chi connectivity index (χ4n) is 4.62. The van der Waals surface area contributed by atoms with Crippen LogP contribution in [-0.2, 0) is 17.6 Å². The third kappa shape index (κ3) is 4.88. The Hall–Kier alpha value is -3.72. The third-order valence-corrected chi connectivity index (χ3v) is 6.26. The number of aliphatic imine (C=N–C) groups is 1. The molecule has 5 aromatic rings. The van der Waals surface area contributed by atoms with Gasteiger partial charge in [0.1, 0.15) is 6.61 Å². The number of pyridine rings is 1. The minimum atomic E-state index is 0.778. The van der Waals surface area contributed by atoms with Gasteiger partial charge in [0, 0.05) is 11.6 Å². The normalized spacial score (nSPS) is 14.1. The standard InChI is InChI=1S/C18H16.C9H7N.C3H5NO/c1-3-7-15-13(5-1)9-11-18-16-8-4-2-6-14(16)10-12-17(15)18;1-2-6-9-8(4-1)5-3-7-10-9;1-2-5-3-4-1/h1,3,5,7,9-12H,2,4,6,8H2;1-7H;3H,1-2H2. The highest BCUT2D eigenvalue weighted by atomic mass is 16.5. The van der Waals surface area contributed by atoms with Crippen LogP contribution in [0, 0.1) is 0 Å². The van der Waals surface area contributed by atoms with Crippen LogP contribution in [0.1, 0.15) is 24.0 Å². The van der Waals surface area contributed by atoms with E-state index in [-0.39, 0.29) is 0 Å². The Kier molecular flexibility index (Phi) is 6.58. The number of fused-ring (bicyclic) bond motifs is 6. The van der Waals surface area contributed by atoms with Crippen LogP contribution in [0.25, 0.3) is 32.4 Å². The molecule has 4 aromatic carbocycles. The minimum Gasteiger partial charge on any atom is -0.482 e. The van der Waals surface area contributed by atoms with Gasteiger partial charge in [0.15, 0.2) is 6.40 Å². The van der Waals surface area contributed by atoms with E-state index in [9.17, 15) is 0 Å². The van der Waals surface area contributed by atoms with Crippen molar-refractivity contribution >= 4 is 38.8 Å². The van der Waals surface area contributed by atoms with Gasteiger partial charge in [-0.25, -0.2) is 0 Å². The molecule has 164 valence electrons. The van der Waals surface area contributed by atoms with Crippen LogP contribution in [0.5, 0.6) is 0 Å². The highest BCUT2D eigenvalue weighted by Crippen LogP contribution is 2.33. The first-order valence-electron chi connectivity index (χ1n) is 11.7. The lowest BCUT2D eigenvalue weighted by Crippen LogP contribution is -2.02. The number of aryl methyl sites for hydroxylation is 2. The molecule has 3 heteroatoms. The number of hydrogen-bond acceptors (Lipinski definition) is 3. The lowest BCUT2D eigenvalue weighted by Gasteiger charge is -2.18. The largest absolute Gasteiger partial charge is 0.482 e. The van der Waals surface area contributed by atoms with E-state index in [1.165, 1.54) is 59.0 Å². The minimum absolute atomic E-state index is 0.778. The summed E-state index contributed by atoms with van der Waals surface area (Å²) >= 11 is 0. The Balaban J connectivity index is 0.000000127. The van der Waals surface area contributed by atoms with Crippen molar-refractivity contribution in [3.8, 4) is 0 Å². The van der Waals surface area contributed by atoms with Gasteiger partial charge in [-0.15, -0.1) is 0 Å². The Morgan fingerprint density at radius 1 is 0.636 bits per heavy atom. The van der Waals surface area contributed by atoms with Crippen LogP contribution in [0.3, 0.4) is 0 Å². The summed E-state index contributed by atoms with van der Waals surface area (Å²) in [5.41, 5.74) is 4.23. The van der Waals surface area contributed by atoms with Crippen molar-refractivity contribution in [2.75, 3.05) is 13.2 Å². The molecule has 0 saturated carbocycles. The summed E-state index contributed by atoms with van der Waals surface area (Å²) in [5.74, 6) is 0. The molecule has 2 aliphatic rings. The molecule has 0 amide bonds. The van der Waals surface area contributed by atoms with E-state index in [4.69, 9.17) is 0 Å². The molecule has 0 N–H and O–H groups in total. The second-order valence-corrected chi connectivity index (χ2v) is 8.37. The molecule has 0 bridgehead atoms. The fourth-order valence-corrected chi connectivity index (χ4v) is 4.62. The Labute approximate surface area is 194 Å². The molecule has 33 heavy (non-hydrogen) atoms. The fraction of sp³-hybridized carbons (Fsp3) is 0.200. The van der Waals surface area contributed by atoms with E-state index in [0.717, 1.165) is 18.7 Å². The van der Waals surface area contributed by atoms with Crippen molar-refractivity contribution in [2.24, 2.45) is 4.99 Å². The molecular formula is C30H28N2O. The molecule has 0 unspecified atom stereocenters. The lowest BCUT2D eigenvalue weighted by molar-refractivity contribution is 0.361. The van der Waals surface area contributed by atoms with Crippen molar-refractivity contribution < 1.29 is 4.74 Å². The summed E-state index contributed by atoms with van der Waals surface area (Å²) in [6.45, 7) is 1.62. The van der Waals surface area contributed by atoms with Gasteiger partial charge >= 0.3 is 0 Å². The first kappa shape index (κ1) is 21.1. The molecule has 7 rings (SSSR count). The van der Waals surface area contributed by atoms with E-state index in [0.29, 0.717) is 0 Å². The average Bonchev–Trinajstić information content (AvgIpc) is 3.49. The summed E-state index contributed by atoms with van der Waals surface area (Å²) in [4.78, 5) is 7.92. The summed E-state index contributed by atoms with van der Waals surface area (Å²) in [6, 6.07) is 30.1. The highest BCUT2D eigenvalue weighted by molar-refractivity contribution is 6.08. The van der Waals surface area contributed by atoms with Crippen LogP contribution in [0.4, 0.5) is 0 Å².